The molecule has 0 bridgehead atoms. The lowest BCUT2D eigenvalue weighted by atomic mass is 10.2. The van der Waals surface area contributed by atoms with Gasteiger partial charge in [0.05, 0.1) is 15.7 Å². The van der Waals surface area contributed by atoms with Crippen molar-refractivity contribution in [2.75, 3.05) is 4.72 Å². The van der Waals surface area contributed by atoms with Crippen LogP contribution in [0, 0.1) is 0 Å². The molecule has 0 radical (unpaired) electrons. The minimum atomic E-state index is -4.42. The maximum absolute atomic E-state index is 10.5. The van der Waals surface area contributed by atoms with Crippen LogP contribution in [0.3, 0.4) is 0 Å². The predicted molar refractivity (Wildman–Crippen MR) is 57.0 cm³/mol. The number of rotatable bonds is 3. The van der Waals surface area contributed by atoms with Gasteiger partial charge in [0.25, 0.3) is 0 Å². The number of anilines is 1. The normalized spacial score (nSPS) is 11.1. The van der Waals surface area contributed by atoms with Crippen molar-refractivity contribution in [3.8, 4) is 0 Å². The molecule has 0 atom stereocenters. The Morgan fingerprint density at radius 3 is 2.33 bits per heavy atom. The molecule has 2 N–H and O–H groups in total. The SMILES string of the molecule is O=Cc1ccc(NS(=O)(=O)O)c(Cl)c1Cl. The number of aldehydes is 1. The van der Waals surface area contributed by atoms with Crippen LogP contribution < -0.4 is 4.72 Å². The molecule has 0 fully saturated rings. The highest BCUT2D eigenvalue weighted by molar-refractivity contribution is 7.87. The largest absolute Gasteiger partial charge is 0.357 e. The van der Waals surface area contributed by atoms with Crippen molar-refractivity contribution in [1.29, 1.82) is 0 Å². The van der Waals surface area contributed by atoms with Gasteiger partial charge in [-0.1, -0.05) is 23.2 Å². The van der Waals surface area contributed by atoms with E-state index in [4.69, 9.17) is 27.8 Å². The summed E-state index contributed by atoms with van der Waals surface area (Å²) in [4.78, 5) is 10.4. The van der Waals surface area contributed by atoms with Gasteiger partial charge in [-0.3, -0.25) is 14.1 Å². The fraction of sp³-hybridized carbons (Fsp3) is 0. The lowest BCUT2D eigenvalue weighted by Crippen LogP contribution is -2.10. The van der Waals surface area contributed by atoms with Gasteiger partial charge in [0, 0.05) is 5.56 Å². The number of nitrogens with one attached hydrogen (secondary N) is 1. The van der Waals surface area contributed by atoms with Crippen LogP contribution in [0.4, 0.5) is 5.69 Å². The Bertz CT molecular complexity index is 500. The first-order valence-corrected chi connectivity index (χ1v) is 5.73. The summed E-state index contributed by atoms with van der Waals surface area (Å²) in [6.07, 6.45) is 0.478. The molecule has 0 spiro atoms. The third-order valence-electron chi connectivity index (χ3n) is 1.48. The average Bonchev–Trinajstić information content (AvgIpc) is 2.11. The third kappa shape index (κ3) is 3.07. The zero-order chi connectivity index (χ0) is 11.6. The monoisotopic (exact) mass is 269 g/mol. The molecule has 0 saturated carbocycles. The van der Waals surface area contributed by atoms with E-state index in [1.54, 1.807) is 4.72 Å². The molecule has 0 unspecified atom stereocenters. The zero-order valence-corrected chi connectivity index (χ0v) is 9.40. The summed E-state index contributed by atoms with van der Waals surface area (Å²) in [6.45, 7) is 0. The average molecular weight is 270 g/mol. The zero-order valence-electron chi connectivity index (χ0n) is 7.07. The van der Waals surface area contributed by atoms with E-state index < -0.39 is 10.3 Å². The maximum atomic E-state index is 10.5. The molecular formula is C7H5Cl2NO4S. The first kappa shape index (κ1) is 12.3. The molecule has 0 saturated heterocycles. The van der Waals surface area contributed by atoms with Crippen LogP contribution in [-0.2, 0) is 10.3 Å². The molecule has 0 aliphatic rings. The van der Waals surface area contributed by atoms with Crippen molar-refractivity contribution in [2.24, 2.45) is 0 Å². The number of halogens is 2. The summed E-state index contributed by atoms with van der Waals surface area (Å²) in [5, 5.41) is -0.237. The highest BCUT2D eigenvalue weighted by Gasteiger charge is 2.13. The van der Waals surface area contributed by atoms with E-state index in [-0.39, 0.29) is 21.3 Å². The van der Waals surface area contributed by atoms with E-state index in [9.17, 15) is 13.2 Å². The van der Waals surface area contributed by atoms with E-state index in [1.807, 2.05) is 0 Å². The van der Waals surface area contributed by atoms with Crippen molar-refractivity contribution in [2.45, 2.75) is 0 Å². The first-order chi connectivity index (χ1) is 6.85. The lowest BCUT2D eigenvalue weighted by Gasteiger charge is -2.07. The topological polar surface area (TPSA) is 83.5 Å². The van der Waals surface area contributed by atoms with Gasteiger partial charge in [0.2, 0.25) is 0 Å². The number of hydrogen-bond acceptors (Lipinski definition) is 3. The van der Waals surface area contributed by atoms with Gasteiger partial charge in [-0.2, -0.15) is 8.42 Å². The maximum Gasteiger partial charge on any atom is 0.357 e. The number of carbonyl (C=O) groups is 1. The van der Waals surface area contributed by atoms with Gasteiger partial charge < -0.3 is 0 Å². The van der Waals surface area contributed by atoms with Crippen LogP contribution in [0.5, 0.6) is 0 Å². The quantitative estimate of drug-likeness (QED) is 0.650. The third-order valence-corrected chi connectivity index (χ3v) is 2.85. The van der Waals surface area contributed by atoms with Gasteiger partial charge >= 0.3 is 10.3 Å². The van der Waals surface area contributed by atoms with E-state index in [0.29, 0.717) is 6.29 Å². The Morgan fingerprint density at radius 1 is 1.27 bits per heavy atom. The molecule has 0 aliphatic carbocycles. The Kier molecular flexibility index (Phi) is 3.56. The smallest absolute Gasteiger partial charge is 0.298 e. The number of benzene rings is 1. The Morgan fingerprint density at radius 2 is 1.87 bits per heavy atom. The number of carbonyl (C=O) groups excluding carboxylic acids is 1. The minimum Gasteiger partial charge on any atom is -0.298 e. The van der Waals surface area contributed by atoms with Gasteiger partial charge in [0.15, 0.2) is 6.29 Å². The lowest BCUT2D eigenvalue weighted by molar-refractivity contribution is 0.112. The van der Waals surface area contributed by atoms with Gasteiger partial charge in [-0.15, -0.1) is 0 Å². The molecule has 1 aromatic carbocycles. The molecule has 1 rings (SSSR count). The first-order valence-electron chi connectivity index (χ1n) is 3.53. The summed E-state index contributed by atoms with van der Waals surface area (Å²) in [5.41, 5.74) is 0.0253. The van der Waals surface area contributed by atoms with Gasteiger partial charge in [0.1, 0.15) is 0 Å². The summed E-state index contributed by atoms with van der Waals surface area (Å²) in [5.74, 6) is 0. The number of hydrogen-bond donors (Lipinski definition) is 2. The van der Waals surface area contributed by atoms with E-state index >= 15 is 0 Å². The molecule has 0 aromatic heterocycles. The van der Waals surface area contributed by atoms with E-state index in [1.165, 1.54) is 12.1 Å². The van der Waals surface area contributed by atoms with Crippen LogP contribution in [-0.4, -0.2) is 19.3 Å². The standard InChI is InChI=1S/C7H5Cl2NO4S/c8-6-4(3-11)1-2-5(7(6)9)10-15(12,13)14/h1-3,10H,(H,12,13,14). The molecular weight excluding hydrogens is 265 g/mol. The highest BCUT2D eigenvalue weighted by atomic mass is 35.5. The Hall–Kier alpha value is -0.820. The van der Waals surface area contributed by atoms with Crippen molar-refractivity contribution in [3.05, 3.63) is 27.7 Å². The Balaban J connectivity index is 3.24. The molecule has 1 aromatic rings. The van der Waals surface area contributed by atoms with Crippen molar-refractivity contribution in [1.82, 2.24) is 0 Å². The van der Waals surface area contributed by atoms with E-state index in [0.717, 1.165) is 0 Å². The van der Waals surface area contributed by atoms with E-state index in [2.05, 4.69) is 0 Å². The second-order valence-corrected chi connectivity index (χ2v) is 4.44. The summed E-state index contributed by atoms with van der Waals surface area (Å²) < 4.78 is 31.2. The highest BCUT2D eigenvalue weighted by Crippen LogP contribution is 2.32. The molecule has 5 nitrogen and oxygen atoms in total. The van der Waals surface area contributed by atoms with Crippen LogP contribution in [0.2, 0.25) is 10.0 Å². The van der Waals surface area contributed by atoms with Gasteiger partial charge in [-0.25, -0.2) is 0 Å². The van der Waals surface area contributed by atoms with Crippen LogP contribution >= 0.6 is 23.2 Å². The molecule has 0 heterocycles. The molecule has 0 amide bonds. The molecule has 0 aliphatic heterocycles. The fourth-order valence-electron chi connectivity index (χ4n) is 0.873. The minimum absolute atomic E-state index is 0.0830. The van der Waals surface area contributed by atoms with Crippen LogP contribution in [0.1, 0.15) is 10.4 Å². The van der Waals surface area contributed by atoms with Crippen molar-refractivity contribution >= 4 is 45.5 Å². The second-order valence-electron chi connectivity index (χ2n) is 2.53. The molecule has 8 heteroatoms. The van der Waals surface area contributed by atoms with Crippen molar-refractivity contribution in [3.63, 3.8) is 0 Å². The fourth-order valence-corrected chi connectivity index (χ4v) is 1.81. The summed E-state index contributed by atoms with van der Waals surface area (Å²) in [6, 6.07) is 2.49. The van der Waals surface area contributed by atoms with Crippen LogP contribution in [0.15, 0.2) is 12.1 Å². The molecule has 82 valence electrons. The van der Waals surface area contributed by atoms with Crippen LogP contribution in [0.25, 0.3) is 0 Å². The Labute approximate surface area is 95.9 Å². The van der Waals surface area contributed by atoms with Crippen molar-refractivity contribution < 1.29 is 17.8 Å². The summed E-state index contributed by atoms with van der Waals surface area (Å²) in [7, 11) is -4.42. The van der Waals surface area contributed by atoms with Gasteiger partial charge in [-0.05, 0) is 12.1 Å². The second kappa shape index (κ2) is 4.36. The molecule has 15 heavy (non-hydrogen) atoms. The summed E-state index contributed by atoms with van der Waals surface area (Å²) >= 11 is 11.3. The predicted octanol–water partition coefficient (Wildman–Crippen LogP) is 2.02.